The van der Waals surface area contributed by atoms with Gasteiger partial charge in [-0.1, -0.05) is 67.6 Å². The van der Waals surface area contributed by atoms with E-state index in [2.05, 4.69) is 0 Å². The van der Waals surface area contributed by atoms with Crippen molar-refractivity contribution in [1.29, 1.82) is 0 Å². The van der Waals surface area contributed by atoms with Gasteiger partial charge in [-0.15, -0.1) is 0 Å². The molecule has 1 aliphatic rings. The van der Waals surface area contributed by atoms with Crippen LogP contribution in [0.1, 0.15) is 24.0 Å². The lowest BCUT2D eigenvalue weighted by atomic mass is 9.55. The highest BCUT2D eigenvalue weighted by atomic mass is 16.5. The van der Waals surface area contributed by atoms with E-state index in [4.69, 9.17) is 4.74 Å². The van der Waals surface area contributed by atoms with Crippen molar-refractivity contribution in [3.8, 4) is 0 Å². The number of carbonyl (C=O) groups excluding carboxylic acids is 1. The Morgan fingerprint density at radius 2 is 1.54 bits per heavy atom. The fourth-order valence-electron chi connectivity index (χ4n) is 3.61. The van der Waals surface area contributed by atoms with Gasteiger partial charge in [0.1, 0.15) is 6.61 Å². The zero-order valence-corrected chi connectivity index (χ0v) is 13.5. The molecule has 0 aromatic heterocycles. The lowest BCUT2D eigenvalue weighted by molar-refractivity contribution is -0.169. The van der Waals surface area contributed by atoms with Crippen LogP contribution in [0.25, 0.3) is 0 Å². The molecule has 2 aromatic rings. The summed E-state index contributed by atoms with van der Waals surface area (Å²) in [5.41, 5.74) is 1.80. The monoisotopic (exact) mass is 324 g/mol. The molecule has 2 aromatic carbocycles. The maximum absolute atomic E-state index is 12.5. The number of benzene rings is 2. The number of ether oxygens (including phenoxy) is 1. The second kappa shape index (κ2) is 6.87. The van der Waals surface area contributed by atoms with Crippen LogP contribution in [0.3, 0.4) is 0 Å². The lowest BCUT2D eigenvalue weighted by Gasteiger charge is -2.47. The van der Waals surface area contributed by atoms with Gasteiger partial charge < -0.3 is 9.84 Å². The maximum atomic E-state index is 12.5. The van der Waals surface area contributed by atoms with Gasteiger partial charge in [-0.3, -0.25) is 9.59 Å². The summed E-state index contributed by atoms with van der Waals surface area (Å²) in [5.74, 6) is -2.72. The van der Waals surface area contributed by atoms with Crippen molar-refractivity contribution in [2.45, 2.75) is 19.4 Å². The molecule has 1 aliphatic carbocycles. The number of carbonyl (C=O) groups is 2. The summed E-state index contributed by atoms with van der Waals surface area (Å²) in [6.07, 6.45) is 0. The minimum atomic E-state index is -0.858. The third-order valence-corrected chi connectivity index (χ3v) is 4.87. The van der Waals surface area contributed by atoms with E-state index in [9.17, 15) is 14.7 Å². The van der Waals surface area contributed by atoms with Gasteiger partial charge in [0, 0.05) is 5.92 Å². The highest BCUT2D eigenvalue weighted by Gasteiger charge is 2.56. The Kier molecular flexibility index (Phi) is 4.65. The predicted octanol–water partition coefficient (Wildman–Crippen LogP) is 3.48. The molecule has 3 rings (SSSR count). The molecule has 0 unspecified atom stereocenters. The second-order valence-corrected chi connectivity index (χ2v) is 6.28. The number of carboxylic acid groups (broad SMARTS) is 1. The Morgan fingerprint density at radius 1 is 0.958 bits per heavy atom. The molecule has 1 fully saturated rings. The Bertz CT molecular complexity index is 711. The van der Waals surface area contributed by atoms with Crippen LogP contribution in [-0.4, -0.2) is 17.0 Å². The Morgan fingerprint density at radius 3 is 2.12 bits per heavy atom. The molecule has 0 spiro atoms. The summed E-state index contributed by atoms with van der Waals surface area (Å²) in [4.78, 5) is 24.1. The molecule has 0 radical (unpaired) electrons. The molecule has 4 nitrogen and oxygen atoms in total. The van der Waals surface area contributed by atoms with Crippen LogP contribution in [0, 0.1) is 17.8 Å². The SMILES string of the molecule is C[C@@H]1[C@H](C(=O)O)[C@@H](c2ccccc2)[C@H]1C(=O)OCc1ccccc1. The highest BCUT2D eigenvalue weighted by Crippen LogP contribution is 2.52. The first-order chi connectivity index (χ1) is 11.6. The summed E-state index contributed by atoms with van der Waals surface area (Å²) in [6, 6.07) is 18.8. The minimum absolute atomic E-state index is 0.210. The second-order valence-electron chi connectivity index (χ2n) is 6.28. The van der Waals surface area contributed by atoms with E-state index in [0.29, 0.717) is 0 Å². The zero-order valence-electron chi connectivity index (χ0n) is 13.5. The molecule has 1 N–H and O–H groups in total. The molecule has 0 saturated heterocycles. The molecule has 4 atom stereocenters. The summed E-state index contributed by atoms with van der Waals surface area (Å²) < 4.78 is 5.45. The number of esters is 1. The van der Waals surface area contributed by atoms with Crippen LogP contribution < -0.4 is 0 Å². The number of aliphatic carboxylic acids is 1. The zero-order chi connectivity index (χ0) is 17.1. The lowest BCUT2D eigenvalue weighted by Crippen LogP contribution is -2.51. The van der Waals surface area contributed by atoms with E-state index in [1.165, 1.54) is 0 Å². The average molecular weight is 324 g/mol. The summed E-state index contributed by atoms with van der Waals surface area (Å²) in [7, 11) is 0. The minimum Gasteiger partial charge on any atom is -0.481 e. The summed E-state index contributed by atoms with van der Waals surface area (Å²) >= 11 is 0. The van der Waals surface area contributed by atoms with Crippen molar-refractivity contribution in [2.24, 2.45) is 17.8 Å². The topological polar surface area (TPSA) is 63.6 Å². The van der Waals surface area contributed by atoms with Gasteiger partial charge in [-0.2, -0.15) is 0 Å². The van der Waals surface area contributed by atoms with E-state index in [1.54, 1.807) is 0 Å². The number of carboxylic acids is 1. The molecule has 24 heavy (non-hydrogen) atoms. The van der Waals surface area contributed by atoms with Gasteiger partial charge in [0.15, 0.2) is 0 Å². The third kappa shape index (κ3) is 3.04. The molecule has 0 heterocycles. The normalized spacial score (nSPS) is 25.5. The van der Waals surface area contributed by atoms with Crippen molar-refractivity contribution < 1.29 is 19.4 Å². The molecule has 0 amide bonds. The van der Waals surface area contributed by atoms with Crippen LogP contribution in [0.15, 0.2) is 60.7 Å². The van der Waals surface area contributed by atoms with Gasteiger partial charge in [-0.25, -0.2) is 0 Å². The fraction of sp³-hybridized carbons (Fsp3) is 0.300. The van der Waals surface area contributed by atoms with Crippen molar-refractivity contribution in [2.75, 3.05) is 0 Å². The largest absolute Gasteiger partial charge is 0.481 e. The molecule has 124 valence electrons. The summed E-state index contributed by atoms with van der Waals surface area (Å²) in [6.45, 7) is 2.02. The van der Waals surface area contributed by atoms with E-state index in [0.717, 1.165) is 11.1 Å². The van der Waals surface area contributed by atoms with Crippen molar-refractivity contribution >= 4 is 11.9 Å². The van der Waals surface area contributed by atoms with Crippen molar-refractivity contribution in [3.05, 3.63) is 71.8 Å². The van der Waals surface area contributed by atoms with E-state index in [1.807, 2.05) is 67.6 Å². The molecule has 1 saturated carbocycles. The first kappa shape index (κ1) is 16.2. The smallest absolute Gasteiger partial charge is 0.310 e. The van der Waals surface area contributed by atoms with E-state index in [-0.39, 0.29) is 24.4 Å². The first-order valence-corrected chi connectivity index (χ1v) is 8.08. The molecule has 0 bridgehead atoms. The summed E-state index contributed by atoms with van der Waals surface area (Å²) in [5, 5.41) is 9.49. The number of hydrogen-bond donors (Lipinski definition) is 1. The molecule has 0 aliphatic heterocycles. The van der Waals surface area contributed by atoms with Crippen LogP contribution in [0.4, 0.5) is 0 Å². The van der Waals surface area contributed by atoms with Crippen molar-refractivity contribution in [1.82, 2.24) is 0 Å². The standard InChI is InChI=1S/C20H20O4/c1-13-16(19(21)22)18(15-10-6-3-7-11-15)17(13)20(23)24-12-14-8-4-2-5-9-14/h2-11,13,16-18H,12H2,1H3,(H,21,22)/t13-,16+,17+,18-/m1/s1. The molecular weight excluding hydrogens is 304 g/mol. The van der Waals surface area contributed by atoms with Gasteiger partial charge in [0.2, 0.25) is 0 Å². The maximum Gasteiger partial charge on any atom is 0.310 e. The fourth-order valence-corrected chi connectivity index (χ4v) is 3.61. The van der Waals surface area contributed by atoms with E-state index < -0.39 is 17.8 Å². The third-order valence-electron chi connectivity index (χ3n) is 4.87. The van der Waals surface area contributed by atoms with Crippen LogP contribution in [0.2, 0.25) is 0 Å². The average Bonchev–Trinajstić information content (AvgIpc) is 2.59. The van der Waals surface area contributed by atoms with Crippen LogP contribution >= 0.6 is 0 Å². The van der Waals surface area contributed by atoms with Gasteiger partial charge in [0.05, 0.1) is 11.8 Å². The van der Waals surface area contributed by atoms with Gasteiger partial charge in [-0.05, 0) is 17.0 Å². The molecular formula is C20H20O4. The van der Waals surface area contributed by atoms with Gasteiger partial charge >= 0.3 is 11.9 Å². The highest BCUT2D eigenvalue weighted by molar-refractivity contribution is 5.82. The Balaban J connectivity index is 1.75. The Labute approximate surface area is 141 Å². The number of rotatable bonds is 5. The van der Waals surface area contributed by atoms with Crippen LogP contribution in [-0.2, 0) is 20.9 Å². The van der Waals surface area contributed by atoms with Crippen LogP contribution in [0.5, 0.6) is 0 Å². The predicted molar refractivity (Wildman–Crippen MR) is 89.2 cm³/mol. The quantitative estimate of drug-likeness (QED) is 0.855. The van der Waals surface area contributed by atoms with Crippen molar-refractivity contribution in [3.63, 3.8) is 0 Å². The van der Waals surface area contributed by atoms with Gasteiger partial charge in [0.25, 0.3) is 0 Å². The number of hydrogen-bond acceptors (Lipinski definition) is 3. The first-order valence-electron chi connectivity index (χ1n) is 8.08. The molecule has 4 heteroatoms. The Hall–Kier alpha value is -2.62. The van der Waals surface area contributed by atoms with E-state index >= 15 is 0 Å².